The number of thiophene rings is 1. The maximum Gasteiger partial charge on any atom is 0.341 e. The molecule has 0 bridgehead atoms. The van der Waals surface area contributed by atoms with Crippen LogP contribution in [0.5, 0.6) is 0 Å². The predicted molar refractivity (Wildman–Crippen MR) is 113 cm³/mol. The fraction of sp³-hybridized carbons (Fsp3) is 0.455. The molecule has 2 aromatic rings. The zero-order valence-electron chi connectivity index (χ0n) is 16.8. The lowest BCUT2D eigenvalue weighted by molar-refractivity contribution is -0.900. The van der Waals surface area contributed by atoms with Gasteiger partial charge >= 0.3 is 5.97 Å². The second-order valence-corrected chi connectivity index (χ2v) is 8.50. The zero-order valence-corrected chi connectivity index (χ0v) is 17.7. The summed E-state index contributed by atoms with van der Waals surface area (Å²) in [6.07, 6.45) is 2.40. The van der Waals surface area contributed by atoms with E-state index >= 15 is 0 Å². The Morgan fingerprint density at radius 2 is 2.04 bits per heavy atom. The highest BCUT2D eigenvalue weighted by Gasteiger charge is 2.25. The van der Waals surface area contributed by atoms with Gasteiger partial charge in [0.2, 0.25) is 0 Å². The molecule has 1 aromatic carbocycles. The number of rotatable bonds is 6. The van der Waals surface area contributed by atoms with Gasteiger partial charge in [0.05, 0.1) is 19.7 Å². The molecule has 0 spiro atoms. The molecule has 1 aliphatic rings. The number of nitrogens with one attached hydrogen (secondary N) is 2. The van der Waals surface area contributed by atoms with Crippen LogP contribution >= 0.6 is 11.3 Å². The highest BCUT2D eigenvalue weighted by molar-refractivity contribution is 7.15. The molecule has 1 aromatic heterocycles. The summed E-state index contributed by atoms with van der Waals surface area (Å²) in [6, 6.07) is 8.01. The third kappa shape index (κ3) is 5.00. The van der Waals surface area contributed by atoms with Crippen molar-refractivity contribution in [2.24, 2.45) is 5.92 Å². The van der Waals surface area contributed by atoms with Gasteiger partial charge in [-0.2, -0.15) is 0 Å². The smallest absolute Gasteiger partial charge is 0.341 e. The van der Waals surface area contributed by atoms with Crippen LogP contribution < -0.4 is 10.2 Å². The van der Waals surface area contributed by atoms with Crippen molar-refractivity contribution in [3.63, 3.8) is 0 Å². The van der Waals surface area contributed by atoms with Crippen molar-refractivity contribution in [3.05, 3.63) is 40.8 Å². The number of carbonyl (C=O) groups is 2. The monoisotopic (exact) mass is 401 g/mol. The van der Waals surface area contributed by atoms with Crippen molar-refractivity contribution >= 4 is 28.2 Å². The predicted octanol–water partition coefficient (Wildman–Crippen LogP) is 3.15. The molecule has 0 aliphatic carbocycles. The summed E-state index contributed by atoms with van der Waals surface area (Å²) in [7, 11) is 0. The Bertz CT molecular complexity index is 829. The van der Waals surface area contributed by atoms with E-state index in [1.807, 2.05) is 36.6 Å². The highest BCUT2D eigenvalue weighted by atomic mass is 32.1. The Balaban J connectivity index is 1.80. The van der Waals surface area contributed by atoms with Crippen LogP contribution in [0, 0.1) is 12.8 Å². The molecule has 28 heavy (non-hydrogen) atoms. The number of benzene rings is 1. The van der Waals surface area contributed by atoms with E-state index in [1.165, 1.54) is 22.7 Å². The van der Waals surface area contributed by atoms with Crippen LogP contribution in [0.25, 0.3) is 11.1 Å². The summed E-state index contributed by atoms with van der Waals surface area (Å²) in [5.41, 5.74) is 3.36. The molecule has 1 unspecified atom stereocenters. The van der Waals surface area contributed by atoms with Crippen LogP contribution in [0.4, 0.5) is 5.00 Å². The summed E-state index contributed by atoms with van der Waals surface area (Å²) in [5.74, 6) is 0.210. The molecule has 6 heteroatoms. The van der Waals surface area contributed by atoms with Gasteiger partial charge in [0.25, 0.3) is 5.91 Å². The first-order valence-corrected chi connectivity index (χ1v) is 10.8. The molecular weight excluding hydrogens is 372 g/mol. The van der Waals surface area contributed by atoms with E-state index in [9.17, 15) is 9.59 Å². The summed E-state index contributed by atoms with van der Waals surface area (Å²) in [5, 5.41) is 5.46. The Morgan fingerprint density at radius 3 is 2.71 bits per heavy atom. The van der Waals surface area contributed by atoms with Crippen LogP contribution in [-0.4, -0.2) is 38.1 Å². The Hall–Kier alpha value is -2.18. The largest absolute Gasteiger partial charge is 0.462 e. The normalized spacial score (nSPS) is 19.2. The second-order valence-electron chi connectivity index (χ2n) is 7.62. The molecule has 1 amide bonds. The van der Waals surface area contributed by atoms with E-state index in [-0.39, 0.29) is 5.91 Å². The fourth-order valence-electron chi connectivity index (χ4n) is 3.76. The summed E-state index contributed by atoms with van der Waals surface area (Å²) in [6.45, 7) is 8.84. The van der Waals surface area contributed by atoms with Crippen LogP contribution in [0.1, 0.15) is 42.6 Å². The Morgan fingerprint density at radius 1 is 1.29 bits per heavy atom. The van der Waals surface area contributed by atoms with Crippen molar-refractivity contribution < 1.29 is 19.2 Å². The van der Waals surface area contributed by atoms with Crippen LogP contribution in [0.15, 0.2) is 29.6 Å². The molecular formula is C22H29N2O3S+. The Kier molecular flexibility index (Phi) is 6.86. The molecule has 2 atom stereocenters. The SMILES string of the molecule is CCOC(=O)c1c(-c2ccc(C)cc2)csc1NC(=O)C[NH+]1CCC[C@H](C)C1. The molecule has 150 valence electrons. The maximum absolute atomic E-state index is 12.6. The molecule has 5 nitrogen and oxygen atoms in total. The lowest BCUT2D eigenvalue weighted by atomic mass is 10.0. The van der Waals surface area contributed by atoms with Crippen LogP contribution in [0.2, 0.25) is 0 Å². The minimum atomic E-state index is -0.395. The van der Waals surface area contributed by atoms with Crippen LogP contribution in [0.3, 0.4) is 0 Å². The van der Waals surface area contributed by atoms with Gasteiger partial charge in [0.15, 0.2) is 6.54 Å². The first-order chi connectivity index (χ1) is 13.5. The number of quaternary nitrogens is 1. The number of carbonyl (C=O) groups excluding carboxylic acids is 2. The van der Waals surface area contributed by atoms with Crippen molar-refractivity contribution in [2.75, 3.05) is 31.6 Å². The third-order valence-electron chi connectivity index (χ3n) is 5.16. The molecule has 2 N–H and O–H groups in total. The molecule has 1 aliphatic heterocycles. The van der Waals surface area contributed by atoms with E-state index in [4.69, 9.17) is 4.74 Å². The number of hydrogen-bond acceptors (Lipinski definition) is 4. The van der Waals surface area contributed by atoms with Crippen molar-refractivity contribution in [3.8, 4) is 11.1 Å². The first kappa shape index (κ1) is 20.6. The number of hydrogen-bond donors (Lipinski definition) is 2. The van der Waals surface area contributed by atoms with E-state index in [1.54, 1.807) is 6.92 Å². The van der Waals surface area contributed by atoms with Gasteiger partial charge in [-0.1, -0.05) is 36.8 Å². The standard InChI is InChI=1S/C22H28N2O3S/c1-4-27-22(26)20-18(17-9-7-15(2)8-10-17)14-28-21(20)23-19(25)13-24-11-5-6-16(3)12-24/h7-10,14,16H,4-6,11-13H2,1-3H3,(H,23,25)/p+1/t16-/m0/s1. The molecule has 1 saturated heterocycles. The van der Waals surface area contributed by atoms with Crippen molar-refractivity contribution in [2.45, 2.75) is 33.6 Å². The number of likely N-dealkylation sites (tertiary alicyclic amines) is 1. The number of amides is 1. The van der Waals surface area contributed by atoms with Crippen molar-refractivity contribution in [1.82, 2.24) is 0 Å². The number of anilines is 1. The minimum absolute atomic E-state index is 0.0491. The van der Waals surface area contributed by atoms with Gasteiger partial charge in [-0.15, -0.1) is 11.3 Å². The van der Waals surface area contributed by atoms with Gasteiger partial charge < -0.3 is 15.0 Å². The molecule has 3 rings (SSSR count). The second kappa shape index (κ2) is 9.34. The van der Waals surface area contributed by atoms with Gasteiger partial charge in [-0.3, -0.25) is 4.79 Å². The fourth-order valence-corrected chi connectivity index (χ4v) is 4.73. The molecule has 0 saturated carbocycles. The van der Waals surface area contributed by atoms with Gasteiger partial charge in [-0.05, 0) is 32.3 Å². The topological polar surface area (TPSA) is 59.8 Å². The quantitative estimate of drug-likeness (QED) is 0.731. The lowest BCUT2D eigenvalue weighted by Crippen LogP contribution is -3.14. The summed E-state index contributed by atoms with van der Waals surface area (Å²) in [4.78, 5) is 26.6. The van der Waals surface area contributed by atoms with E-state index in [0.717, 1.165) is 36.2 Å². The Labute approximate surface area is 170 Å². The average molecular weight is 402 g/mol. The van der Waals surface area contributed by atoms with Gasteiger partial charge in [-0.25, -0.2) is 4.79 Å². The third-order valence-corrected chi connectivity index (χ3v) is 6.06. The molecule has 0 radical (unpaired) electrons. The van der Waals surface area contributed by atoms with Crippen LogP contribution in [-0.2, 0) is 9.53 Å². The first-order valence-electron chi connectivity index (χ1n) is 9.97. The minimum Gasteiger partial charge on any atom is -0.462 e. The van der Waals surface area contributed by atoms with Gasteiger partial charge in [0.1, 0.15) is 10.6 Å². The number of esters is 1. The van der Waals surface area contributed by atoms with Crippen molar-refractivity contribution in [1.29, 1.82) is 0 Å². The van der Waals surface area contributed by atoms with E-state index in [2.05, 4.69) is 12.2 Å². The number of aryl methyl sites for hydroxylation is 1. The molecule has 2 heterocycles. The average Bonchev–Trinajstić information content (AvgIpc) is 3.06. The van der Waals surface area contributed by atoms with Gasteiger partial charge in [0, 0.05) is 16.9 Å². The maximum atomic E-state index is 12.6. The number of ether oxygens (including phenoxy) is 1. The number of piperidine rings is 1. The lowest BCUT2D eigenvalue weighted by Gasteiger charge is -2.27. The zero-order chi connectivity index (χ0) is 20.1. The van der Waals surface area contributed by atoms with E-state index < -0.39 is 5.97 Å². The van der Waals surface area contributed by atoms with E-state index in [0.29, 0.717) is 29.6 Å². The summed E-state index contributed by atoms with van der Waals surface area (Å²) >= 11 is 1.38. The summed E-state index contributed by atoms with van der Waals surface area (Å²) < 4.78 is 5.27. The highest BCUT2D eigenvalue weighted by Crippen LogP contribution is 2.36. The molecule has 1 fully saturated rings.